The molecule has 0 amide bonds. The maximum atomic E-state index is 2.50. The van der Waals surface area contributed by atoms with Crippen molar-refractivity contribution in [2.24, 2.45) is 17.8 Å². The predicted octanol–water partition coefficient (Wildman–Crippen LogP) is 4.78. The average molecular weight is 194 g/mol. The lowest BCUT2D eigenvalue weighted by atomic mass is 9.94. The van der Waals surface area contributed by atoms with Crippen LogP contribution in [0.2, 0.25) is 0 Å². The van der Waals surface area contributed by atoms with Gasteiger partial charge in [-0.2, -0.15) is 0 Å². The maximum absolute atomic E-state index is 2.50. The van der Waals surface area contributed by atoms with E-state index in [-0.39, 0.29) is 0 Å². The monoisotopic (exact) mass is 194 g/mol. The van der Waals surface area contributed by atoms with Crippen molar-refractivity contribution in [3.63, 3.8) is 0 Å². The van der Waals surface area contributed by atoms with E-state index in [2.05, 4.69) is 6.92 Å². The van der Waals surface area contributed by atoms with E-state index in [9.17, 15) is 0 Å². The van der Waals surface area contributed by atoms with E-state index in [1.54, 1.807) is 12.8 Å². The fraction of sp³-hybridized carbons (Fsp3) is 1.00. The van der Waals surface area contributed by atoms with E-state index in [0.717, 1.165) is 17.8 Å². The van der Waals surface area contributed by atoms with Crippen LogP contribution in [0, 0.1) is 17.8 Å². The number of fused-ring (bicyclic) bond motifs is 1. The SMILES string of the molecule is CC1CCCCCCCCCC2CC12. The summed E-state index contributed by atoms with van der Waals surface area (Å²) in [5.41, 5.74) is 0. The van der Waals surface area contributed by atoms with Gasteiger partial charge in [0.25, 0.3) is 0 Å². The molecule has 0 aliphatic heterocycles. The van der Waals surface area contributed by atoms with Crippen LogP contribution >= 0.6 is 0 Å². The second-order valence-electron chi connectivity index (χ2n) is 5.69. The molecule has 0 saturated heterocycles. The lowest BCUT2D eigenvalue weighted by Crippen LogP contribution is -2.00. The van der Waals surface area contributed by atoms with Gasteiger partial charge in [0.15, 0.2) is 0 Å². The van der Waals surface area contributed by atoms with Crippen LogP contribution in [0.5, 0.6) is 0 Å². The topological polar surface area (TPSA) is 0 Å². The Morgan fingerprint density at radius 1 is 0.714 bits per heavy atom. The Labute approximate surface area is 89.5 Å². The third-order valence-corrected chi connectivity index (χ3v) is 4.44. The molecule has 0 aromatic heterocycles. The molecule has 0 radical (unpaired) electrons. The number of hydrogen-bond donors (Lipinski definition) is 0. The Bertz CT molecular complexity index is 161. The van der Waals surface area contributed by atoms with Crippen molar-refractivity contribution in [2.45, 2.75) is 71.1 Å². The normalized spacial score (nSPS) is 40.5. The van der Waals surface area contributed by atoms with Gasteiger partial charge in [-0.05, 0) is 24.2 Å². The third-order valence-electron chi connectivity index (χ3n) is 4.44. The van der Waals surface area contributed by atoms with E-state index in [1.165, 1.54) is 51.4 Å². The van der Waals surface area contributed by atoms with Crippen LogP contribution in [0.15, 0.2) is 0 Å². The molecule has 0 heteroatoms. The Hall–Kier alpha value is 0. The van der Waals surface area contributed by atoms with Gasteiger partial charge in [-0.3, -0.25) is 0 Å². The minimum atomic E-state index is 1.04. The fourth-order valence-electron chi connectivity index (χ4n) is 3.27. The van der Waals surface area contributed by atoms with Gasteiger partial charge in [-0.1, -0.05) is 64.7 Å². The van der Waals surface area contributed by atoms with Crippen molar-refractivity contribution in [1.82, 2.24) is 0 Å². The van der Waals surface area contributed by atoms with Crippen molar-refractivity contribution in [3.05, 3.63) is 0 Å². The summed E-state index contributed by atoms with van der Waals surface area (Å²) in [6, 6.07) is 0. The minimum Gasteiger partial charge on any atom is -0.0622 e. The molecule has 3 unspecified atom stereocenters. The number of hydrogen-bond acceptors (Lipinski definition) is 0. The fourth-order valence-corrected chi connectivity index (χ4v) is 3.27. The summed E-state index contributed by atoms with van der Waals surface area (Å²) in [6.07, 6.45) is 15.2. The van der Waals surface area contributed by atoms with Gasteiger partial charge in [-0.15, -0.1) is 0 Å². The Kier molecular flexibility index (Phi) is 3.89. The summed E-state index contributed by atoms with van der Waals surface area (Å²) in [6.45, 7) is 2.50. The molecule has 2 aliphatic rings. The Morgan fingerprint density at radius 3 is 2.00 bits per heavy atom. The zero-order valence-corrected chi connectivity index (χ0v) is 9.80. The molecule has 0 heterocycles. The molecule has 0 aromatic carbocycles. The smallest absolute Gasteiger partial charge is 0.0357 e. The molecular formula is C14H26. The predicted molar refractivity (Wildman–Crippen MR) is 62.3 cm³/mol. The molecule has 82 valence electrons. The molecular weight excluding hydrogens is 168 g/mol. The van der Waals surface area contributed by atoms with E-state index >= 15 is 0 Å². The van der Waals surface area contributed by atoms with Crippen molar-refractivity contribution in [3.8, 4) is 0 Å². The maximum Gasteiger partial charge on any atom is -0.0357 e. The summed E-state index contributed by atoms with van der Waals surface area (Å²) in [7, 11) is 0. The number of rotatable bonds is 0. The van der Waals surface area contributed by atoms with Crippen molar-refractivity contribution >= 4 is 0 Å². The van der Waals surface area contributed by atoms with Crippen LogP contribution in [-0.4, -0.2) is 0 Å². The third kappa shape index (κ3) is 3.00. The van der Waals surface area contributed by atoms with Crippen LogP contribution in [0.3, 0.4) is 0 Å². The molecule has 0 N–H and O–H groups in total. The van der Waals surface area contributed by atoms with E-state index in [1.807, 2.05) is 0 Å². The standard InChI is InChI=1S/C14H26/c1-12-9-7-5-3-2-4-6-8-10-13-11-14(12)13/h12-14H,2-11H2,1H3. The van der Waals surface area contributed by atoms with Crippen molar-refractivity contribution in [1.29, 1.82) is 0 Å². The lowest BCUT2D eigenvalue weighted by Gasteiger charge is -2.12. The van der Waals surface area contributed by atoms with E-state index < -0.39 is 0 Å². The highest BCUT2D eigenvalue weighted by Crippen LogP contribution is 2.48. The van der Waals surface area contributed by atoms with Gasteiger partial charge in [0.05, 0.1) is 0 Å². The van der Waals surface area contributed by atoms with Crippen LogP contribution in [0.25, 0.3) is 0 Å². The summed E-state index contributed by atoms with van der Waals surface area (Å²) in [5.74, 6) is 3.32. The zero-order valence-electron chi connectivity index (χ0n) is 9.80. The first kappa shape index (κ1) is 10.5. The summed E-state index contributed by atoms with van der Waals surface area (Å²) in [5, 5.41) is 0. The van der Waals surface area contributed by atoms with Gasteiger partial charge < -0.3 is 0 Å². The summed E-state index contributed by atoms with van der Waals surface area (Å²) < 4.78 is 0. The first-order chi connectivity index (χ1) is 6.88. The van der Waals surface area contributed by atoms with Gasteiger partial charge in [0, 0.05) is 0 Å². The Balaban J connectivity index is 1.74. The quantitative estimate of drug-likeness (QED) is 0.520. The molecule has 0 aromatic rings. The molecule has 0 spiro atoms. The largest absolute Gasteiger partial charge is 0.0622 e. The first-order valence-electron chi connectivity index (χ1n) is 6.88. The molecule has 3 atom stereocenters. The van der Waals surface area contributed by atoms with Gasteiger partial charge in [0.1, 0.15) is 0 Å². The molecule has 2 aliphatic carbocycles. The van der Waals surface area contributed by atoms with Crippen molar-refractivity contribution in [2.75, 3.05) is 0 Å². The van der Waals surface area contributed by atoms with Crippen LogP contribution in [0.1, 0.15) is 71.1 Å². The molecule has 2 saturated carbocycles. The minimum absolute atomic E-state index is 1.04. The van der Waals surface area contributed by atoms with Crippen LogP contribution < -0.4 is 0 Å². The molecule has 2 rings (SSSR count). The lowest BCUT2D eigenvalue weighted by molar-refractivity contribution is 0.398. The van der Waals surface area contributed by atoms with Crippen molar-refractivity contribution < 1.29 is 0 Å². The average Bonchev–Trinajstić information content (AvgIpc) is 2.92. The second kappa shape index (κ2) is 5.19. The molecule has 0 bridgehead atoms. The van der Waals surface area contributed by atoms with Gasteiger partial charge in [-0.25, -0.2) is 0 Å². The van der Waals surface area contributed by atoms with Gasteiger partial charge >= 0.3 is 0 Å². The highest BCUT2D eigenvalue weighted by molar-refractivity contribution is 4.89. The second-order valence-corrected chi connectivity index (χ2v) is 5.69. The van der Waals surface area contributed by atoms with E-state index in [4.69, 9.17) is 0 Å². The molecule has 0 nitrogen and oxygen atoms in total. The van der Waals surface area contributed by atoms with Crippen LogP contribution in [0.4, 0.5) is 0 Å². The van der Waals surface area contributed by atoms with Crippen LogP contribution in [-0.2, 0) is 0 Å². The summed E-state index contributed by atoms with van der Waals surface area (Å²) >= 11 is 0. The molecule has 14 heavy (non-hydrogen) atoms. The highest BCUT2D eigenvalue weighted by atomic mass is 14.4. The molecule has 2 fully saturated rings. The van der Waals surface area contributed by atoms with E-state index in [0.29, 0.717) is 0 Å². The first-order valence-corrected chi connectivity index (χ1v) is 6.88. The van der Waals surface area contributed by atoms with Gasteiger partial charge in [0.2, 0.25) is 0 Å². The zero-order chi connectivity index (χ0) is 9.80. The summed E-state index contributed by atoms with van der Waals surface area (Å²) in [4.78, 5) is 0. The Morgan fingerprint density at radius 2 is 1.29 bits per heavy atom. The highest BCUT2D eigenvalue weighted by Gasteiger charge is 2.39.